The van der Waals surface area contributed by atoms with Gasteiger partial charge in [-0.15, -0.1) is 23.1 Å². The van der Waals surface area contributed by atoms with Crippen LogP contribution in [0.5, 0.6) is 5.75 Å². The Labute approximate surface area is 214 Å². The number of rotatable bonds is 8. The lowest BCUT2D eigenvalue weighted by Crippen LogP contribution is -2.15. The molecule has 2 N–H and O–H groups in total. The van der Waals surface area contributed by atoms with Crippen LogP contribution in [0.4, 0.5) is 0 Å². The monoisotopic (exact) mass is 520 g/mol. The van der Waals surface area contributed by atoms with Gasteiger partial charge in [-0.3, -0.25) is 4.79 Å². The molecule has 0 aliphatic carbocycles. The molecule has 35 heavy (non-hydrogen) atoms. The zero-order valence-electron chi connectivity index (χ0n) is 18.1. The normalized spacial score (nSPS) is 10.5. The second kappa shape index (κ2) is 11.2. The zero-order valence-corrected chi connectivity index (χ0v) is 20.5. The number of pyridine rings is 1. The SMILES string of the molecule is N#Cc1c(SCc2csc(-c3ccc(Cl)cc3)n2)[nH]c(=O)c(C#N)c1-c1ccc(OCCO)cc1. The first-order valence-corrected chi connectivity index (χ1v) is 12.6. The lowest BCUT2D eigenvalue weighted by atomic mass is 9.97. The summed E-state index contributed by atoms with van der Waals surface area (Å²) in [5.41, 5.74) is 2.08. The van der Waals surface area contributed by atoms with E-state index >= 15 is 0 Å². The van der Waals surface area contributed by atoms with Gasteiger partial charge in [0.1, 0.15) is 35.1 Å². The summed E-state index contributed by atoms with van der Waals surface area (Å²) in [6, 6.07) is 18.2. The quantitative estimate of drug-likeness (QED) is 0.305. The Morgan fingerprint density at radius 2 is 1.74 bits per heavy atom. The van der Waals surface area contributed by atoms with Crippen molar-refractivity contribution in [3.05, 3.63) is 86.1 Å². The summed E-state index contributed by atoms with van der Waals surface area (Å²) in [6.45, 7) is 0.0299. The van der Waals surface area contributed by atoms with Crippen LogP contribution >= 0.6 is 34.7 Å². The first-order valence-electron chi connectivity index (χ1n) is 10.3. The number of ether oxygens (including phenoxy) is 1. The number of hydrogen-bond acceptors (Lipinski definition) is 8. The van der Waals surface area contributed by atoms with Crippen molar-refractivity contribution in [2.24, 2.45) is 0 Å². The minimum Gasteiger partial charge on any atom is -0.491 e. The number of aliphatic hydroxyl groups is 1. The van der Waals surface area contributed by atoms with Crippen LogP contribution in [-0.4, -0.2) is 28.3 Å². The maximum absolute atomic E-state index is 12.7. The van der Waals surface area contributed by atoms with Gasteiger partial charge < -0.3 is 14.8 Å². The van der Waals surface area contributed by atoms with Crippen LogP contribution < -0.4 is 10.3 Å². The molecule has 0 atom stereocenters. The predicted octanol–water partition coefficient (Wildman–Crippen LogP) is 5.23. The summed E-state index contributed by atoms with van der Waals surface area (Å²) in [5, 5.41) is 32.3. The highest BCUT2D eigenvalue weighted by Crippen LogP contribution is 2.34. The molecule has 0 spiro atoms. The van der Waals surface area contributed by atoms with E-state index in [1.165, 1.54) is 23.1 Å². The number of aliphatic hydroxyl groups excluding tert-OH is 1. The number of nitriles is 2. The Bertz CT molecular complexity index is 1480. The number of aromatic amines is 1. The van der Waals surface area contributed by atoms with Crippen molar-refractivity contribution in [1.82, 2.24) is 9.97 Å². The van der Waals surface area contributed by atoms with Gasteiger partial charge in [0.25, 0.3) is 5.56 Å². The lowest BCUT2D eigenvalue weighted by Gasteiger charge is -2.12. The van der Waals surface area contributed by atoms with E-state index < -0.39 is 5.56 Å². The number of thiazole rings is 1. The summed E-state index contributed by atoms with van der Waals surface area (Å²) in [4.78, 5) is 20.0. The van der Waals surface area contributed by atoms with Crippen LogP contribution in [0.1, 0.15) is 16.8 Å². The third kappa shape index (κ3) is 5.56. The van der Waals surface area contributed by atoms with Crippen molar-refractivity contribution in [3.8, 4) is 39.6 Å². The molecule has 0 amide bonds. The third-order valence-electron chi connectivity index (χ3n) is 4.92. The molecule has 0 aliphatic heterocycles. The number of H-pyrrole nitrogens is 1. The number of thioether (sulfide) groups is 1. The molecule has 0 unspecified atom stereocenters. The second-order valence-corrected chi connectivity index (χ2v) is 9.45. The molecule has 0 bridgehead atoms. The molecular formula is C25H17ClN4O3S2. The van der Waals surface area contributed by atoms with Gasteiger partial charge in [0.2, 0.25) is 0 Å². The fraction of sp³-hybridized carbons (Fsp3) is 0.120. The summed E-state index contributed by atoms with van der Waals surface area (Å²) in [7, 11) is 0. The molecule has 2 aromatic carbocycles. The largest absolute Gasteiger partial charge is 0.491 e. The van der Waals surface area contributed by atoms with E-state index in [1.54, 1.807) is 36.4 Å². The van der Waals surface area contributed by atoms with E-state index in [4.69, 9.17) is 21.4 Å². The molecule has 10 heteroatoms. The molecule has 0 radical (unpaired) electrons. The van der Waals surface area contributed by atoms with E-state index in [0.717, 1.165) is 16.3 Å². The van der Waals surface area contributed by atoms with Crippen molar-refractivity contribution < 1.29 is 9.84 Å². The van der Waals surface area contributed by atoms with Gasteiger partial charge in [0.15, 0.2) is 0 Å². The Morgan fingerprint density at radius 3 is 2.40 bits per heavy atom. The van der Waals surface area contributed by atoms with Gasteiger partial charge in [0, 0.05) is 27.3 Å². The molecule has 0 saturated heterocycles. The predicted molar refractivity (Wildman–Crippen MR) is 137 cm³/mol. The van der Waals surface area contributed by atoms with Gasteiger partial charge in [0.05, 0.1) is 22.9 Å². The number of nitrogens with one attached hydrogen (secondary N) is 1. The maximum Gasteiger partial charge on any atom is 0.267 e. The van der Waals surface area contributed by atoms with E-state index in [9.17, 15) is 15.3 Å². The van der Waals surface area contributed by atoms with Crippen LogP contribution in [0.25, 0.3) is 21.7 Å². The smallest absolute Gasteiger partial charge is 0.267 e. The Hall–Kier alpha value is -3.60. The van der Waals surface area contributed by atoms with Gasteiger partial charge in [-0.2, -0.15) is 10.5 Å². The number of aromatic nitrogens is 2. The van der Waals surface area contributed by atoms with Crippen molar-refractivity contribution in [2.45, 2.75) is 10.8 Å². The Balaban J connectivity index is 1.63. The third-order valence-corrected chi connectivity index (χ3v) is 7.14. The highest BCUT2D eigenvalue weighted by Gasteiger charge is 2.20. The van der Waals surface area contributed by atoms with E-state index in [1.807, 2.05) is 23.6 Å². The van der Waals surface area contributed by atoms with Crippen molar-refractivity contribution in [1.29, 1.82) is 10.5 Å². The van der Waals surface area contributed by atoms with Crippen LogP contribution in [0.15, 0.2) is 63.7 Å². The molecule has 7 nitrogen and oxygen atoms in total. The average molecular weight is 521 g/mol. The molecule has 0 saturated carbocycles. The van der Waals surface area contributed by atoms with E-state index in [0.29, 0.717) is 27.1 Å². The molecule has 4 rings (SSSR count). The Kier molecular flexibility index (Phi) is 7.86. The van der Waals surface area contributed by atoms with Crippen LogP contribution in [0.3, 0.4) is 0 Å². The minimum atomic E-state index is -0.565. The topological polar surface area (TPSA) is 123 Å². The molecule has 4 aromatic rings. The standard InChI is InChI=1S/C25H17ClN4O3S2/c26-17-5-1-16(2-6-17)24-29-18(13-34-24)14-35-25-21(12-28)22(20(11-27)23(32)30-25)15-3-7-19(8-4-15)33-10-9-31/h1-8,13,31H,9-10,14H2,(H,30,32). The van der Waals surface area contributed by atoms with E-state index in [-0.39, 0.29) is 29.9 Å². The van der Waals surface area contributed by atoms with Crippen LogP contribution in [-0.2, 0) is 5.75 Å². The fourth-order valence-electron chi connectivity index (χ4n) is 3.32. The fourth-order valence-corrected chi connectivity index (χ4v) is 5.27. The molecule has 174 valence electrons. The Morgan fingerprint density at radius 1 is 1.06 bits per heavy atom. The summed E-state index contributed by atoms with van der Waals surface area (Å²) >= 11 is 8.73. The van der Waals surface area contributed by atoms with Crippen molar-refractivity contribution in [2.75, 3.05) is 13.2 Å². The summed E-state index contributed by atoms with van der Waals surface area (Å²) < 4.78 is 5.37. The molecule has 2 heterocycles. The van der Waals surface area contributed by atoms with Crippen LogP contribution in [0.2, 0.25) is 5.02 Å². The second-order valence-electron chi connectivity index (χ2n) is 7.17. The van der Waals surface area contributed by atoms with Crippen LogP contribution in [0, 0.1) is 22.7 Å². The van der Waals surface area contributed by atoms with Gasteiger partial charge in [-0.05, 0) is 29.8 Å². The number of benzene rings is 2. The van der Waals surface area contributed by atoms with Crippen molar-refractivity contribution >= 4 is 34.7 Å². The maximum atomic E-state index is 12.7. The van der Waals surface area contributed by atoms with E-state index in [2.05, 4.69) is 16.0 Å². The first-order chi connectivity index (χ1) is 17.0. The average Bonchev–Trinajstić information content (AvgIpc) is 3.35. The lowest BCUT2D eigenvalue weighted by molar-refractivity contribution is 0.201. The molecular weight excluding hydrogens is 504 g/mol. The summed E-state index contributed by atoms with van der Waals surface area (Å²) in [6.07, 6.45) is 0. The molecule has 0 aliphatic rings. The molecule has 0 fully saturated rings. The van der Waals surface area contributed by atoms with Crippen molar-refractivity contribution in [3.63, 3.8) is 0 Å². The van der Waals surface area contributed by atoms with Gasteiger partial charge in [-0.25, -0.2) is 4.98 Å². The zero-order chi connectivity index (χ0) is 24.8. The highest BCUT2D eigenvalue weighted by atomic mass is 35.5. The first kappa shape index (κ1) is 24.5. The number of hydrogen-bond donors (Lipinski definition) is 2. The number of halogens is 1. The number of nitrogens with zero attached hydrogens (tertiary/aromatic N) is 3. The minimum absolute atomic E-state index is 0.117. The highest BCUT2D eigenvalue weighted by molar-refractivity contribution is 7.98. The van der Waals surface area contributed by atoms with Gasteiger partial charge in [-0.1, -0.05) is 35.9 Å². The molecule has 2 aromatic heterocycles. The van der Waals surface area contributed by atoms with Gasteiger partial charge >= 0.3 is 0 Å². The summed E-state index contributed by atoms with van der Waals surface area (Å²) in [5.74, 6) is 0.952.